The Hall–Kier alpha value is -1.25. The third kappa shape index (κ3) is 2.92. The molecule has 3 unspecified atom stereocenters. The largest absolute Gasteiger partial charge is 0.494 e. The highest BCUT2D eigenvalue weighted by atomic mass is 19.1. The Labute approximate surface area is 120 Å². The van der Waals surface area contributed by atoms with E-state index in [2.05, 4.69) is 5.32 Å². The zero-order valence-corrected chi connectivity index (χ0v) is 12.2. The van der Waals surface area contributed by atoms with E-state index in [1.54, 1.807) is 13.2 Å². The summed E-state index contributed by atoms with van der Waals surface area (Å²) in [6.45, 7) is 0. The van der Waals surface area contributed by atoms with Crippen molar-refractivity contribution in [3.8, 4) is 5.75 Å². The minimum atomic E-state index is -0.247. The normalized spacial score (nSPS) is 29.6. The molecule has 20 heavy (non-hydrogen) atoms. The molecule has 3 atom stereocenters. The Morgan fingerprint density at radius 3 is 2.70 bits per heavy atom. The summed E-state index contributed by atoms with van der Waals surface area (Å²) >= 11 is 0. The first-order valence-electron chi connectivity index (χ1n) is 7.86. The number of methoxy groups -OCH3 is 1. The van der Waals surface area contributed by atoms with Gasteiger partial charge in [-0.05, 0) is 43.2 Å². The van der Waals surface area contributed by atoms with Gasteiger partial charge in [-0.15, -0.1) is 0 Å². The van der Waals surface area contributed by atoms with Crippen LogP contribution in [0.5, 0.6) is 5.75 Å². The summed E-state index contributed by atoms with van der Waals surface area (Å²) in [5.74, 6) is 2.21. The topological polar surface area (TPSA) is 21.3 Å². The van der Waals surface area contributed by atoms with Crippen LogP contribution >= 0.6 is 0 Å². The van der Waals surface area contributed by atoms with Crippen LogP contribution in [0.15, 0.2) is 18.2 Å². The lowest BCUT2D eigenvalue weighted by atomic mass is 9.69. The van der Waals surface area contributed by atoms with Gasteiger partial charge in [0.1, 0.15) is 11.6 Å². The quantitative estimate of drug-likeness (QED) is 0.871. The fourth-order valence-electron chi connectivity index (χ4n) is 4.01. The number of nitrogens with one attached hydrogen (secondary N) is 1. The second kappa shape index (κ2) is 6.02. The number of fused-ring (bicyclic) bond motifs is 1. The fraction of sp³-hybridized carbons (Fsp3) is 0.647. The molecule has 1 aromatic carbocycles. The lowest BCUT2D eigenvalue weighted by Gasteiger charge is -2.40. The number of rotatable bonds is 3. The van der Waals surface area contributed by atoms with Crippen LogP contribution in [0.25, 0.3) is 0 Å². The van der Waals surface area contributed by atoms with E-state index in [1.165, 1.54) is 57.1 Å². The zero-order valence-electron chi connectivity index (χ0n) is 12.2. The molecule has 2 saturated carbocycles. The maximum absolute atomic E-state index is 13.2. The predicted octanol–water partition coefficient (Wildman–Crippen LogP) is 4.61. The van der Waals surface area contributed by atoms with Crippen LogP contribution in [0.2, 0.25) is 0 Å². The van der Waals surface area contributed by atoms with Gasteiger partial charge in [0.2, 0.25) is 0 Å². The molecular formula is C17H24FNO. The van der Waals surface area contributed by atoms with E-state index in [0.717, 1.165) is 17.5 Å². The van der Waals surface area contributed by atoms with Crippen LogP contribution < -0.4 is 10.1 Å². The number of ether oxygens (including phenoxy) is 1. The monoisotopic (exact) mass is 277 g/mol. The summed E-state index contributed by atoms with van der Waals surface area (Å²) in [6, 6.07) is 5.25. The van der Waals surface area contributed by atoms with Crippen molar-refractivity contribution in [2.24, 2.45) is 11.8 Å². The van der Waals surface area contributed by atoms with Gasteiger partial charge in [0.15, 0.2) is 0 Å². The summed E-state index contributed by atoms with van der Waals surface area (Å²) in [5, 5.41) is 3.57. The Kier molecular flexibility index (Phi) is 4.13. The highest BCUT2D eigenvalue weighted by molar-refractivity contribution is 5.57. The number of hydrogen-bond acceptors (Lipinski definition) is 2. The van der Waals surface area contributed by atoms with Crippen LogP contribution in [0.1, 0.15) is 44.9 Å². The van der Waals surface area contributed by atoms with Gasteiger partial charge < -0.3 is 10.1 Å². The van der Waals surface area contributed by atoms with E-state index in [0.29, 0.717) is 11.8 Å². The molecule has 3 rings (SSSR count). The second-order valence-corrected chi connectivity index (χ2v) is 6.30. The second-order valence-electron chi connectivity index (χ2n) is 6.30. The number of anilines is 1. The molecule has 3 heteroatoms. The van der Waals surface area contributed by atoms with E-state index in [1.807, 2.05) is 0 Å². The van der Waals surface area contributed by atoms with Crippen molar-refractivity contribution in [1.82, 2.24) is 0 Å². The summed E-state index contributed by atoms with van der Waals surface area (Å²) in [5.41, 5.74) is 0.924. The van der Waals surface area contributed by atoms with Crippen molar-refractivity contribution < 1.29 is 9.13 Å². The Bertz CT molecular complexity index is 462. The van der Waals surface area contributed by atoms with Crippen molar-refractivity contribution in [2.75, 3.05) is 12.4 Å². The maximum Gasteiger partial charge on any atom is 0.144 e. The fourth-order valence-corrected chi connectivity index (χ4v) is 4.01. The van der Waals surface area contributed by atoms with Gasteiger partial charge >= 0.3 is 0 Å². The van der Waals surface area contributed by atoms with Gasteiger partial charge in [-0.1, -0.05) is 25.7 Å². The molecule has 2 nitrogen and oxygen atoms in total. The third-order valence-corrected chi connectivity index (χ3v) is 5.06. The maximum atomic E-state index is 13.2. The van der Waals surface area contributed by atoms with Crippen LogP contribution in [0.3, 0.4) is 0 Å². The first-order chi connectivity index (χ1) is 9.76. The summed E-state index contributed by atoms with van der Waals surface area (Å²) < 4.78 is 18.5. The number of benzene rings is 1. The minimum Gasteiger partial charge on any atom is -0.494 e. The smallest absolute Gasteiger partial charge is 0.144 e. The minimum absolute atomic E-state index is 0.247. The van der Waals surface area contributed by atoms with Crippen molar-refractivity contribution in [3.05, 3.63) is 24.0 Å². The lowest BCUT2D eigenvalue weighted by molar-refractivity contribution is 0.162. The van der Waals surface area contributed by atoms with Crippen LogP contribution in [0, 0.1) is 17.7 Å². The van der Waals surface area contributed by atoms with Gasteiger partial charge in [-0.2, -0.15) is 0 Å². The van der Waals surface area contributed by atoms with Gasteiger partial charge in [-0.25, -0.2) is 4.39 Å². The average molecular weight is 277 g/mol. The molecule has 0 bridgehead atoms. The van der Waals surface area contributed by atoms with Crippen molar-refractivity contribution in [1.29, 1.82) is 0 Å². The molecule has 2 fully saturated rings. The molecule has 110 valence electrons. The lowest BCUT2D eigenvalue weighted by Crippen LogP contribution is -2.34. The van der Waals surface area contributed by atoms with Crippen molar-refractivity contribution in [2.45, 2.75) is 51.0 Å². The van der Waals surface area contributed by atoms with Gasteiger partial charge in [0.25, 0.3) is 0 Å². The first kappa shape index (κ1) is 13.7. The molecular weight excluding hydrogens is 253 g/mol. The Morgan fingerprint density at radius 2 is 1.90 bits per heavy atom. The van der Waals surface area contributed by atoms with Crippen LogP contribution in [-0.4, -0.2) is 13.2 Å². The average Bonchev–Trinajstić information content (AvgIpc) is 2.49. The first-order valence-corrected chi connectivity index (χ1v) is 7.86. The molecule has 0 heterocycles. The van der Waals surface area contributed by atoms with Gasteiger partial charge in [0.05, 0.1) is 12.8 Å². The summed E-state index contributed by atoms with van der Waals surface area (Å²) in [6.07, 6.45) is 9.46. The number of hydrogen-bond donors (Lipinski definition) is 1. The Balaban J connectivity index is 1.66. The standard InChI is InChI=1S/C17H24FNO/c1-20-17-11-14(18)7-9-16(17)19-15-8-6-12-4-2-3-5-13(12)10-15/h7,9,11-13,15,19H,2-6,8,10H2,1H3. The van der Waals surface area contributed by atoms with Gasteiger partial charge in [0, 0.05) is 12.1 Å². The SMILES string of the molecule is COc1cc(F)ccc1NC1CCC2CCCCC2C1. The summed E-state index contributed by atoms with van der Waals surface area (Å²) in [7, 11) is 1.60. The molecule has 0 spiro atoms. The predicted molar refractivity (Wildman–Crippen MR) is 79.7 cm³/mol. The van der Waals surface area contributed by atoms with E-state index < -0.39 is 0 Å². The van der Waals surface area contributed by atoms with Gasteiger partial charge in [-0.3, -0.25) is 0 Å². The molecule has 1 aromatic rings. The molecule has 2 aliphatic rings. The molecule has 0 amide bonds. The highest BCUT2D eigenvalue weighted by Crippen LogP contribution is 2.41. The highest BCUT2D eigenvalue weighted by Gasteiger charge is 2.32. The van der Waals surface area contributed by atoms with Crippen LogP contribution in [-0.2, 0) is 0 Å². The van der Waals surface area contributed by atoms with Crippen molar-refractivity contribution >= 4 is 5.69 Å². The summed E-state index contributed by atoms with van der Waals surface area (Å²) in [4.78, 5) is 0. The third-order valence-electron chi connectivity index (χ3n) is 5.06. The van der Waals surface area contributed by atoms with Crippen molar-refractivity contribution in [3.63, 3.8) is 0 Å². The number of halogens is 1. The molecule has 0 radical (unpaired) electrons. The molecule has 2 aliphatic carbocycles. The Morgan fingerprint density at radius 1 is 1.10 bits per heavy atom. The molecule has 0 aliphatic heterocycles. The van der Waals surface area contributed by atoms with E-state index in [-0.39, 0.29) is 5.82 Å². The zero-order chi connectivity index (χ0) is 13.9. The molecule has 1 N–H and O–H groups in total. The van der Waals surface area contributed by atoms with E-state index in [4.69, 9.17) is 4.74 Å². The van der Waals surface area contributed by atoms with E-state index in [9.17, 15) is 4.39 Å². The molecule has 0 saturated heterocycles. The van der Waals surface area contributed by atoms with Crippen LogP contribution in [0.4, 0.5) is 10.1 Å². The van der Waals surface area contributed by atoms with E-state index >= 15 is 0 Å². The molecule has 0 aromatic heterocycles.